The van der Waals surface area contributed by atoms with E-state index in [9.17, 15) is 9.59 Å². The maximum atomic E-state index is 11.4. The first-order valence-corrected chi connectivity index (χ1v) is 26.8. The van der Waals surface area contributed by atoms with Gasteiger partial charge in [-0.25, -0.2) is 24.5 Å². The van der Waals surface area contributed by atoms with Crippen molar-refractivity contribution in [2.45, 2.75) is 137 Å². The van der Waals surface area contributed by atoms with E-state index in [1.165, 1.54) is 23.6 Å². The van der Waals surface area contributed by atoms with Crippen molar-refractivity contribution < 1.29 is 47.0 Å². The highest BCUT2D eigenvalue weighted by Crippen LogP contribution is 2.43. The Morgan fingerprint density at radius 2 is 0.887 bits per heavy atom. The van der Waals surface area contributed by atoms with E-state index < -0.39 is 26.0 Å². The third-order valence-corrected chi connectivity index (χ3v) is 16.8. The molecule has 21 heteroatoms. The number of aryl methyl sites for hydroxylation is 3. The Morgan fingerprint density at radius 3 is 1.28 bits per heavy atom. The normalized spacial score (nSPS) is 18.5. The minimum atomic E-state index is -0.476. The molecular weight excluding hydrogens is 1090 g/mol. The van der Waals surface area contributed by atoms with Gasteiger partial charge in [-0.05, 0) is 160 Å². The van der Waals surface area contributed by atoms with Crippen molar-refractivity contribution in [2.75, 3.05) is 14.2 Å². The molecule has 6 aromatic rings. The van der Waals surface area contributed by atoms with E-state index in [2.05, 4.69) is 109 Å². The fourth-order valence-electron chi connectivity index (χ4n) is 6.91. The largest absolute Gasteiger partial charge is 0.497 e. The molecule has 0 bridgehead atoms. The van der Waals surface area contributed by atoms with Crippen LogP contribution < -0.4 is 5.46 Å². The molecule has 0 spiro atoms. The van der Waals surface area contributed by atoms with E-state index in [1.54, 1.807) is 34.0 Å². The van der Waals surface area contributed by atoms with Gasteiger partial charge in [0.25, 0.3) is 0 Å². The minimum absolute atomic E-state index is 0.245. The summed E-state index contributed by atoms with van der Waals surface area (Å²) < 4.78 is 49.8. The lowest BCUT2D eigenvalue weighted by molar-refractivity contribution is -0.135. The van der Waals surface area contributed by atoms with Crippen LogP contribution in [0.25, 0.3) is 36.2 Å². The van der Waals surface area contributed by atoms with Crippen molar-refractivity contribution in [1.82, 2.24) is 15.0 Å². The highest BCUT2D eigenvalue weighted by atomic mass is 79.9. The summed E-state index contributed by atoms with van der Waals surface area (Å²) in [6, 6.07) is 18.0. The van der Waals surface area contributed by atoms with Crippen molar-refractivity contribution >= 4 is 141 Å². The van der Waals surface area contributed by atoms with Gasteiger partial charge in [0.2, 0.25) is 0 Å². The molecule has 71 heavy (non-hydrogen) atoms. The van der Waals surface area contributed by atoms with Gasteiger partial charge >= 0.3 is 33.1 Å². The fraction of sp³-hybridized carbons (Fsp3) is 0.460. The molecule has 0 amide bonds. The average Bonchev–Trinajstić information content (AvgIpc) is 4.09. The number of rotatable bonds is 5. The third-order valence-electron chi connectivity index (χ3n) is 13.0. The molecule has 380 valence electrons. The monoisotopic (exact) mass is 1150 g/mol. The summed E-state index contributed by atoms with van der Waals surface area (Å²) in [6.45, 7) is 37.5. The zero-order chi connectivity index (χ0) is 53.2. The summed E-state index contributed by atoms with van der Waals surface area (Å²) >= 11 is 11.3. The van der Waals surface area contributed by atoms with Crippen molar-refractivity contribution in [3.8, 4) is 0 Å². The molecule has 3 aromatic heterocycles. The zero-order valence-electron chi connectivity index (χ0n) is 43.7. The van der Waals surface area contributed by atoms with Crippen LogP contribution in [0.4, 0.5) is 0 Å². The molecule has 3 fully saturated rings. The zero-order valence-corrected chi connectivity index (χ0v) is 49.4. The second-order valence-electron chi connectivity index (χ2n) is 19.8. The Kier molecular flexibility index (Phi) is 18.7. The highest BCUT2D eigenvalue weighted by Gasteiger charge is 2.63. The number of para-hydroxylation sites is 3. The molecule has 0 saturated carbocycles. The first-order valence-electron chi connectivity index (χ1n) is 22.8. The van der Waals surface area contributed by atoms with E-state index in [0.29, 0.717) is 5.57 Å². The molecule has 6 heterocycles. The Morgan fingerprint density at radius 1 is 0.535 bits per heavy atom. The van der Waals surface area contributed by atoms with Gasteiger partial charge in [0.05, 0.1) is 104 Å². The molecule has 3 aliphatic rings. The number of halogens is 2. The Hall–Kier alpha value is -3.34. The van der Waals surface area contributed by atoms with Gasteiger partial charge in [-0.3, -0.25) is 0 Å². The first-order chi connectivity index (χ1) is 32.8. The molecule has 0 radical (unpaired) electrons. The number of thiazole rings is 3. The van der Waals surface area contributed by atoms with E-state index >= 15 is 0 Å². The molecule has 0 atom stereocenters. The smallest absolute Gasteiger partial charge is 0.465 e. The van der Waals surface area contributed by atoms with Gasteiger partial charge in [-0.15, -0.1) is 34.0 Å². The highest BCUT2D eigenvalue weighted by molar-refractivity contribution is 9.12. The van der Waals surface area contributed by atoms with Crippen molar-refractivity contribution in [3.63, 3.8) is 0 Å². The van der Waals surface area contributed by atoms with Crippen LogP contribution in [0.3, 0.4) is 0 Å². The SMILES string of the molecule is C=C(Br)C(=O)OC.C=C(C(=O)OC)c1cccc2sc(C)nc12.CC1(C)OB(B2OC(C)(C)C(C)(C)O2)OC1(C)C.Cc1nc2c(B3OC(C)(C)C(C)(C)O3)cccc2s1.Cc1nc2c(Br)cccc2s1. The predicted molar refractivity (Wildman–Crippen MR) is 300 cm³/mol. The van der Waals surface area contributed by atoms with E-state index in [-0.39, 0.29) is 45.2 Å². The topological polar surface area (TPSA) is 147 Å². The second-order valence-corrected chi connectivity index (χ2v) is 25.4. The molecule has 3 aromatic carbocycles. The number of methoxy groups -OCH3 is 2. The number of nitrogens with zero attached hydrogens (tertiary/aromatic N) is 3. The van der Waals surface area contributed by atoms with Gasteiger partial charge in [0.1, 0.15) is 0 Å². The number of esters is 2. The summed E-state index contributed by atoms with van der Waals surface area (Å²) in [5.41, 5.74) is 2.95. The van der Waals surface area contributed by atoms with Gasteiger partial charge in [0, 0.05) is 15.5 Å². The lowest BCUT2D eigenvalue weighted by Crippen LogP contribution is -2.41. The fourth-order valence-corrected chi connectivity index (χ4v) is 10.2. The number of hydrogen-bond donors (Lipinski definition) is 0. The second kappa shape index (κ2) is 22.6. The lowest BCUT2D eigenvalue weighted by Gasteiger charge is -2.32. The summed E-state index contributed by atoms with van der Waals surface area (Å²) in [4.78, 5) is 35.0. The lowest BCUT2D eigenvalue weighted by atomic mass is 9.49. The number of carbonyl (C=O) groups excluding carboxylic acids is 2. The predicted octanol–water partition coefficient (Wildman–Crippen LogP) is 12.4. The third kappa shape index (κ3) is 13.5. The molecule has 9 rings (SSSR count). The maximum Gasteiger partial charge on any atom is 0.497 e. The quantitative estimate of drug-likeness (QED) is 0.0917. The molecule has 3 aliphatic heterocycles. The molecule has 3 saturated heterocycles. The van der Waals surface area contributed by atoms with Crippen LogP contribution in [0.15, 0.2) is 76.7 Å². The van der Waals surface area contributed by atoms with E-state index in [0.717, 1.165) is 51.8 Å². The van der Waals surface area contributed by atoms with Gasteiger partial charge < -0.3 is 37.4 Å². The summed E-state index contributed by atoms with van der Waals surface area (Å²) in [5.74, 6) is -0.849. The molecule has 0 unspecified atom stereocenters. The van der Waals surface area contributed by atoms with Crippen molar-refractivity contribution in [2.24, 2.45) is 0 Å². The van der Waals surface area contributed by atoms with E-state index in [1.807, 2.05) is 119 Å². The molecular formula is C50H64B3Br2N3O10S3. The number of carbonyl (C=O) groups is 2. The van der Waals surface area contributed by atoms with Crippen LogP contribution in [0.2, 0.25) is 0 Å². The standard InChI is InChI=1S/C14H18BNO2S.C12H24B2O4.C12H11NO2S.C8H6BrNS.C4H5BrO2/c1-9-16-12-10(7-6-8-11(12)19-9)15-17-13(2,3)14(4,5)18-15;1-9(2)10(3,4)16-13(15-9)14-17-11(5,6)12(7,8)18-14;1-7(12(14)15-3)9-5-4-6-10-11(9)13-8(2)16-10;1-5-10-8-6(9)3-2-4-7(8)11-5;1-3(5)4(6)7-2/h6-8H,1-5H3;1-8H3;4-6H,1H2,2-3H3;2-4H,1H3;1H2,2H3. The van der Waals surface area contributed by atoms with Crippen molar-refractivity contribution in [3.05, 3.63) is 97.3 Å². The number of hydrogen-bond acceptors (Lipinski definition) is 16. The van der Waals surface area contributed by atoms with Crippen molar-refractivity contribution in [1.29, 1.82) is 0 Å². The number of benzene rings is 3. The van der Waals surface area contributed by atoms with Crippen LogP contribution in [0.5, 0.6) is 0 Å². The summed E-state index contributed by atoms with van der Waals surface area (Å²) in [7, 11) is 1.36. The Bertz CT molecular complexity index is 2830. The summed E-state index contributed by atoms with van der Waals surface area (Å²) in [5, 5.41) is 3.16. The van der Waals surface area contributed by atoms with Crippen LogP contribution >= 0.6 is 65.9 Å². The molecule has 13 nitrogen and oxygen atoms in total. The van der Waals surface area contributed by atoms with E-state index in [4.69, 9.17) is 27.9 Å². The van der Waals surface area contributed by atoms with Crippen LogP contribution in [0, 0.1) is 20.8 Å². The average molecular weight is 1160 g/mol. The van der Waals surface area contributed by atoms with Crippen LogP contribution in [-0.2, 0) is 47.0 Å². The van der Waals surface area contributed by atoms with Crippen LogP contribution in [0.1, 0.15) is 104 Å². The van der Waals surface area contributed by atoms with Gasteiger partial charge in [-0.2, -0.15) is 0 Å². The summed E-state index contributed by atoms with van der Waals surface area (Å²) in [6.07, 6.45) is 0. The van der Waals surface area contributed by atoms with Gasteiger partial charge in [0.15, 0.2) is 0 Å². The first kappa shape index (κ1) is 58.6. The van der Waals surface area contributed by atoms with Crippen LogP contribution in [-0.4, -0.2) is 95.9 Å². The maximum absolute atomic E-state index is 11.4. The number of fused-ring (bicyclic) bond motifs is 3. The van der Waals surface area contributed by atoms with Gasteiger partial charge in [-0.1, -0.05) is 43.5 Å². The molecule has 0 N–H and O–H groups in total. The Labute approximate surface area is 448 Å². The Balaban J connectivity index is 0.000000171. The number of ether oxygens (including phenoxy) is 2. The molecule has 0 aliphatic carbocycles. The number of aromatic nitrogens is 3. The minimum Gasteiger partial charge on any atom is -0.465 e.